The van der Waals surface area contributed by atoms with Gasteiger partial charge in [-0.2, -0.15) is 0 Å². The Morgan fingerprint density at radius 3 is 1.89 bits per heavy atom. The topological polar surface area (TPSA) is 18.5 Å². The second kappa shape index (κ2) is 2.13. The van der Waals surface area contributed by atoms with E-state index in [1.165, 1.54) is 0 Å². The molecule has 0 fully saturated rings. The van der Waals surface area contributed by atoms with Crippen LogP contribution >= 0.6 is 0 Å². The van der Waals surface area contributed by atoms with Crippen molar-refractivity contribution < 1.29 is 9.47 Å². The normalized spacial score (nSPS) is 22.0. The lowest BCUT2D eigenvalue weighted by molar-refractivity contribution is -0.140. The highest BCUT2D eigenvalue weighted by atomic mass is 16.7. The summed E-state index contributed by atoms with van der Waals surface area (Å²) in [5, 5.41) is 0. The largest absolute Gasteiger partial charge is 0.461 e. The molecule has 0 aliphatic carbocycles. The summed E-state index contributed by atoms with van der Waals surface area (Å²) in [4.78, 5) is 0. The molecule has 0 aromatic heterocycles. The molecule has 0 spiro atoms. The Labute approximate surface area is 54.8 Å². The molecule has 0 N–H and O–H groups in total. The quantitative estimate of drug-likeness (QED) is 0.492. The lowest BCUT2D eigenvalue weighted by Crippen LogP contribution is -2.22. The maximum Gasteiger partial charge on any atom is 0.243 e. The molecule has 1 aliphatic heterocycles. The van der Waals surface area contributed by atoms with Crippen molar-refractivity contribution in [1.82, 2.24) is 0 Å². The maximum atomic E-state index is 5.12. The van der Waals surface area contributed by atoms with Crippen LogP contribution in [0.1, 0.15) is 13.8 Å². The first-order chi connectivity index (χ1) is 4.21. The molecule has 0 radical (unpaired) electrons. The van der Waals surface area contributed by atoms with Gasteiger partial charge in [-0.25, -0.2) is 0 Å². The lowest BCUT2D eigenvalue weighted by atomic mass is 10.4. The van der Waals surface area contributed by atoms with Gasteiger partial charge in [0.05, 0.1) is 12.5 Å². The van der Waals surface area contributed by atoms with Crippen LogP contribution in [0.25, 0.3) is 0 Å². The lowest BCUT2D eigenvalue weighted by Gasteiger charge is -2.21. The Hall–Kier alpha value is -0.920. The van der Waals surface area contributed by atoms with Gasteiger partial charge in [-0.1, -0.05) is 0 Å². The van der Waals surface area contributed by atoms with E-state index >= 15 is 0 Å². The Morgan fingerprint density at radius 1 is 1.00 bits per heavy atom. The van der Waals surface area contributed by atoms with Crippen molar-refractivity contribution in [3.05, 3.63) is 24.7 Å². The molecule has 0 saturated carbocycles. The molecule has 0 bridgehead atoms. The fourth-order valence-corrected chi connectivity index (χ4v) is 0.525. The minimum Gasteiger partial charge on any atom is -0.461 e. The van der Waals surface area contributed by atoms with Crippen molar-refractivity contribution in [2.24, 2.45) is 0 Å². The number of hydrogen-bond acceptors (Lipinski definition) is 2. The van der Waals surface area contributed by atoms with E-state index in [4.69, 9.17) is 9.47 Å². The molecule has 0 saturated heterocycles. The number of allylic oxidation sites excluding steroid dienone is 2. The third-order valence-electron chi connectivity index (χ3n) is 0.972. The Kier molecular flexibility index (Phi) is 1.47. The highest BCUT2D eigenvalue weighted by Crippen LogP contribution is 2.13. The van der Waals surface area contributed by atoms with Gasteiger partial charge in [-0.3, -0.25) is 0 Å². The van der Waals surface area contributed by atoms with Crippen molar-refractivity contribution in [3.8, 4) is 0 Å². The molecule has 0 aromatic rings. The van der Waals surface area contributed by atoms with Crippen LogP contribution < -0.4 is 0 Å². The molecule has 9 heavy (non-hydrogen) atoms. The van der Waals surface area contributed by atoms with E-state index in [-0.39, 0.29) is 0 Å². The number of ether oxygens (including phenoxy) is 2. The van der Waals surface area contributed by atoms with E-state index in [1.807, 2.05) is 13.8 Å². The van der Waals surface area contributed by atoms with Gasteiger partial charge < -0.3 is 9.47 Å². The van der Waals surface area contributed by atoms with Crippen molar-refractivity contribution in [3.63, 3.8) is 0 Å². The minimum atomic E-state index is -0.510. The van der Waals surface area contributed by atoms with Crippen LogP contribution in [0.3, 0.4) is 0 Å². The van der Waals surface area contributed by atoms with Crippen molar-refractivity contribution >= 4 is 0 Å². The fourth-order valence-electron chi connectivity index (χ4n) is 0.525. The van der Waals surface area contributed by atoms with E-state index in [2.05, 4.69) is 0 Å². The van der Waals surface area contributed by atoms with Gasteiger partial charge in [-0.15, -0.1) is 0 Å². The SMILES string of the molecule is CC1(C)OC=CC=CO1. The van der Waals surface area contributed by atoms with Gasteiger partial charge >= 0.3 is 0 Å². The first kappa shape index (κ1) is 6.20. The molecule has 1 heterocycles. The molecule has 0 atom stereocenters. The first-order valence-corrected chi connectivity index (χ1v) is 2.88. The van der Waals surface area contributed by atoms with Gasteiger partial charge in [0.2, 0.25) is 5.79 Å². The van der Waals surface area contributed by atoms with Gasteiger partial charge in [0.15, 0.2) is 0 Å². The van der Waals surface area contributed by atoms with Crippen molar-refractivity contribution in [2.45, 2.75) is 19.6 Å². The summed E-state index contributed by atoms with van der Waals surface area (Å²) in [7, 11) is 0. The zero-order valence-corrected chi connectivity index (χ0v) is 5.63. The summed E-state index contributed by atoms with van der Waals surface area (Å²) in [5.74, 6) is -0.510. The van der Waals surface area contributed by atoms with Crippen LogP contribution in [0.2, 0.25) is 0 Å². The van der Waals surface area contributed by atoms with Crippen LogP contribution in [0, 0.1) is 0 Å². The van der Waals surface area contributed by atoms with Crippen LogP contribution in [0.4, 0.5) is 0 Å². The summed E-state index contributed by atoms with van der Waals surface area (Å²) >= 11 is 0. The Bertz CT molecular complexity index is 129. The number of hydrogen-bond donors (Lipinski definition) is 0. The summed E-state index contributed by atoms with van der Waals surface area (Å²) in [6.07, 6.45) is 6.80. The van der Waals surface area contributed by atoms with Crippen LogP contribution in [0.15, 0.2) is 24.7 Å². The Balaban J connectivity index is 2.61. The highest BCUT2D eigenvalue weighted by molar-refractivity contribution is 4.98. The van der Waals surface area contributed by atoms with Gasteiger partial charge in [-0.05, 0) is 12.2 Å². The monoisotopic (exact) mass is 126 g/mol. The highest BCUT2D eigenvalue weighted by Gasteiger charge is 2.17. The molecular formula is C7H10O2. The van der Waals surface area contributed by atoms with Crippen LogP contribution in [-0.2, 0) is 9.47 Å². The van der Waals surface area contributed by atoms with E-state index in [1.54, 1.807) is 24.7 Å². The molecule has 2 heteroatoms. The molecule has 0 aromatic carbocycles. The minimum absolute atomic E-state index is 0.510. The molecule has 0 unspecified atom stereocenters. The first-order valence-electron chi connectivity index (χ1n) is 2.88. The second-order valence-electron chi connectivity index (χ2n) is 2.29. The summed E-state index contributed by atoms with van der Waals surface area (Å²) < 4.78 is 10.2. The summed E-state index contributed by atoms with van der Waals surface area (Å²) in [6, 6.07) is 0. The fraction of sp³-hybridized carbons (Fsp3) is 0.429. The van der Waals surface area contributed by atoms with Gasteiger partial charge in [0.25, 0.3) is 0 Å². The van der Waals surface area contributed by atoms with E-state index in [0.717, 1.165) is 0 Å². The maximum absolute atomic E-state index is 5.12. The van der Waals surface area contributed by atoms with Gasteiger partial charge in [0.1, 0.15) is 0 Å². The van der Waals surface area contributed by atoms with E-state index < -0.39 is 5.79 Å². The molecule has 1 aliphatic rings. The Morgan fingerprint density at radius 2 is 1.44 bits per heavy atom. The molecular weight excluding hydrogens is 116 g/mol. The van der Waals surface area contributed by atoms with E-state index in [9.17, 15) is 0 Å². The van der Waals surface area contributed by atoms with Crippen molar-refractivity contribution in [2.75, 3.05) is 0 Å². The molecule has 50 valence electrons. The predicted molar refractivity (Wildman–Crippen MR) is 34.5 cm³/mol. The number of rotatable bonds is 0. The smallest absolute Gasteiger partial charge is 0.243 e. The predicted octanol–water partition coefficient (Wildman–Crippen LogP) is 1.80. The summed E-state index contributed by atoms with van der Waals surface area (Å²) in [6.45, 7) is 3.71. The van der Waals surface area contributed by atoms with Gasteiger partial charge in [0, 0.05) is 13.8 Å². The molecule has 1 rings (SSSR count). The zero-order chi connectivity index (χ0) is 6.74. The standard InChI is InChI=1S/C7H10O2/c1-7(2)8-5-3-4-6-9-7/h3-6H,1-2H3. The van der Waals surface area contributed by atoms with Crippen molar-refractivity contribution in [1.29, 1.82) is 0 Å². The average molecular weight is 126 g/mol. The molecule has 0 amide bonds. The average Bonchev–Trinajstić information content (AvgIpc) is 1.92. The van der Waals surface area contributed by atoms with Crippen LogP contribution in [0.5, 0.6) is 0 Å². The summed E-state index contributed by atoms with van der Waals surface area (Å²) in [5.41, 5.74) is 0. The van der Waals surface area contributed by atoms with E-state index in [0.29, 0.717) is 0 Å². The zero-order valence-electron chi connectivity index (χ0n) is 5.63. The second-order valence-corrected chi connectivity index (χ2v) is 2.29. The third kappa shape index (κ3) is 1.80. The third-order valence-corrected chi connectivity index (χ3v) is 0.972. The molecule has 2 nitrogen and oxygen atoms in total. The van der Waals surface area contributed by atoms with Crippen LogP contribution in [-0.4, -0.2) is 5.79 Å².